The van der Waals surface area contributed by atoms with Crippen molar-refractivity contribution in [2.75, 3.05) is 6.54 Å². The van der Waals surface area contributed by atoms with E-state index in [9.17, 15) is 18.4 Å². The molecule has 0 saturated carbocycles. The number of carbonyl (C=O) groups is 2. The Hall–Kier alpha value is -3.69. The van der Waals surface area contributed by atoms with Gasteiger partial charge in [-0.05, 0) is 29.7 Å². The van der Waals surface area contributed by atoms with Gasteiger partial charge in [0.1, 0.15) is 12.2 Å². The molecule has 4 rings (SSSR count). The molecule has 3 heterocycles. The summed E-state index contributed by atoms with van der Waals surface area (Å²) in [6.45, 7) is 4.87. The number of pyridine rings is 1. The maximum absolute atomic E-state index is 14.8. The summed E-state index contributed by atoms with van der Waals surface area (Å²) in [4.78, 5) is 30.5. The summed E-state index contributed by atoms with van der Waals surface area (Å²) in [5.41, 5.74) is 1.90. The fourth-order valence-corrected chi connectivity index (χ4v) is 4.15. The highest BCUT2D eigenvalue weighted by atomic mass is 19.1. The number of hydrogen-bond acceptors (Lipinski definition) is 6. The average molecular weight is 469 g/mol. The number of alkyl halides is 1. The predicted octanol–water partition coefficient (Wildman–Crippen LogP) is 3.56. The van der Waals surface area contributed by atoms with Crippen LogP contribution in [0.1, 0.15) is 56.0 Å². The largest absolute Gasteiger partial charge is 0.423 e. The van der Waals surface area contributed by atoms with Crippen LogP contribution >= 0.6 is 0 Å². The molecule has 1 saturated heterocycles. The van der Waals surface area contributed by atoms with Crippen LogP contribution in [0.15, 0.2) is 47.2 Å². The fourth-order valence-electron chi connectivity index (χ4n) is 4.15. The average Bonchev–Trinajstić information content (AvgIpc) is 3.47. The van der Waals surface area contributed by atoms with Crippen molar-refractivity contribution >= 4 is 11.8 Å². The Kier molecular flexibility index (Phi) is 6.67. The van der Waals surface area contributed by atoms with Crippen molar-refractivity contribution in [3.05, 3.63) is 65.6 Å². The first-order chi connectivity index (χ1) is 16.2. The monoisotopic (exact) mass is 469 g/mol. The fraction of sp³-hybridized carbons (Fsp3) is 0.375. The summed E-state index contributed by atoms with van der Waals surface area (Å²) in [6.07, 6.45) is -0.194. The maximum atomic E-state index is 14.8. The normalized spacial score (nSPS) is 18.8. The van der Waals surface area contributed by atoms with Gasteiger partial charge in [-0.25, -0.2) is 9.37 Å². The lowest BCUT2D eigenvalue weighted by molar-refractivity contribution is -0.137. The first-order valence-corrected chi connectivity index (χ1v) is 11.0. The molecule has 2 amide bonds. The van der Waals surface area contributed by atoms with Gasteiger partial charge in [-0.1, -0.05) is 32.0 Å². The number of hydrogen-bond donors (Lipinski definition) is 1. The van der Waals surface area contributed by atoms with Gasteiger partial charge < -0.3 is 14.6 Å². The number of halogens is 2. The molecule has 0 bridgehead atoms. The molecule has 8 nitrogen and oxygen atoms in total. The summed E-state index contributed by atoms with van der Waals surface area (Å²) in [6, 6.07) is 8.43. The second-order valence-electron chi connectivity index (χ2n) is 8.60. The zero-order chi connectivity index (χ0) is 24.4. The number of rotatable bonds is 6. The molecular formula is C24H25F2N5O3. The third kappa shape index (κ3) is 4.80. The van der Waals surface area contributed by atoms with Gasteiger partial charge in [0.15, 0.2) is 0 Å². The van der Waals surface area contributed by atoms with Gasteiger partial charge >= 0.3 is 0 Å². The highest BCUT2D eigenvalue weighted by Crippen LogP contribution is 2.29. The maximum Gasteiger partial charge on any atom is 0.247 e. The molecular weight excluding hydrogens is 444 g/mol. The SMILES string of the molecule is CC(=O)N1C[C@H](F)C[C@H]1C(=O)NC(c1cccc(-c2nnco2)c1)c1ccc(C(C)C)c(F)n1. The Bertz CT molecular complexity index is 1190. The van der Waals surface area contributed by atoms with Crippen LogP contribution in [0, 0.1) is 5.95 Å². The topological polar surface area (TPSA) is 101 Å². The zero-order valence-electron chi connectivity index (χ0n) is 19.0. The van der Waals surface area contributed by atoms with Crippen LogP contribution in [-0.2, 0) is 9.59 Å². The van der Waals surface area contributed by atoms with Crippen LogP contribution in [0.4, 0.5) is 8.78 Å². The molecule has 2 aromatic heterocycles. The second kappa shape index (κ2) is 9.66. The third-order valence-electron chi connectivity index (χ3n) is 5.89. The van der Waals surface area contributed by atoms with E-state index in [0.29, 0.717) is 16.7 Å². The number of benzene rings is 1. The van der Waals surface area contributed by atoms with E-state index in [-0.39, 0.29) is 36.4 Å². The molecule has 0 aliphatic carbocycles. The molecule has 3 aromatic rings. The minimum atomic E-state index is -1.29. The molecule has 3 atom stereocenters. The van der Waals surface area contributed by atoms with E-state index in [4.69, 9.17) is 4.42 Å². The van der Waals surface area contributed by atoms with Gasteiger partial charge in [-0.3, -0.25) is 9.59 Å². The van der Waals surface area contributed by atoms with Crippen LogP contribution < -0.4 is 5.32 Å². The Labute approximate surface area is 195 Å². The van der Waals surface area contributed by atoms with Crippen LogP contribution in [0.25, 0.3) is 11.5 Å². The van der Waals surface area contributed by atoms with E-state index in [2.05, 4.69) is 20.5 Å². The van der Waals surface area contributed by atoms with E-state index in [0.717, 1.165) is 0 Å². The lowest BCUT2D eigenvalue weighted by Gasteiger charge is -2.26. The molecule has 1 aromatic carbocycles. The Morgan fingerprint density at radius 2 is 2.03 bits per heavy atom. The Morgan fingerprint density at radius 3 is 2.68 bits per heavy atom. The van der Waals surface area contributed by atoms with E-state index < -0.39 is 30.1 Å². The number of nitrogens with zero attached hydrogens (tertiary/aromatic N) is 4. The lowest BCUT2D eigenvalue weighted by atomic mass is 9.98. The molecule has 1 unspecified atom stereocenters. The lowest BCUT2D eigenvalue weighted by Crippen LogP contribution is -2.46. The number of likely N-dealkylation sites (tertiary alicyclic amines) is 1. The number of nitrogens with one attached hydrogen (secondary N) is 1. The van der Waals surface area contributed by atoms with E-state index in [1.807, 2.05) is 13.8 Å². The van der Waals surface area contributed by atoms with Crippen molar-refractivity contribution in [1.82, 2.24) is 25.4 Å². The Morgan fingerprint density at radius 1 is 1.24 bits per heavy atom. The van der Waals surface area contributed by atoms with Crippen LogP contribution in [0.2, 0.25) is 0 Å². The number of aromatic nitrogens is 3. The van der Waals surface area contributed by atoms with Gasteiger partial charge in [0.25, 0.3) is 0 Å². The summed E-state index contributed by atoms with van der Waals surface area (Å²) >= 11 is 0. The van der Waals surface area contributed by atoms with Crippen molar-refractivity contribution < 1.29 is 22.8 Å². The summed E-state index contributed by atoms with van der Waals surface area (Å²) in [5, 5.41) is 10.4. The van der Waals surface area contributed by atoms with Crippen LogP contribution in [0.5, 0.6) is 0 Å². The molecule has 178 valence electrons. The molecule has 0 radical (unpaired) electrons. The van der Waals surface area contributed by atoms with Crippen molar-refractivity contribution in [3.63, 3.8) is 0 Å². The number of carbonyl (C=O) groups excluding carboxylic acids is 2. The quantitative estimate of drug-likeness (QED) is 0.554. The van der Waals surface area contributed by atoms with Gasteiger partial charge in [0.05, 0.1) is 18.3 Å². The molecule has 1 N–H and O–H groups in total. The summed E-state index contributed by atoms with van der Waals surface area (Å²) in [7, 11) is 0. The highest BCUT2D eigenvalue weighted by molar-refractivity contribution is 5.88. The van der Waals surface area contributed by atoms with Gasteiger partial charge in [0, 0.05) is 24.5 Å². The number of amides is 2. The standard InChI is InChI=1S/C24H25F2N5O3/c1-13(2)18-7-8-19(28-22(18)26)21(15-5-4-6-16(9-15)24-30-27-12-34-24)29-23(33)20-10-17(25)11-31(20)14(3)32/h4-9,12-13,17,20-21H,10-11H2,1-3H3,(H,29,33)/t17-,20+,21?/m1/s1. The predicted molar refractivity (Wildman–Crippen MR) is 119 cm³/mol. The van der Waals surface area contributed by atoms with Crippen molar-refractivity contribution in [3.8, 4) is 11.5 Å². The van der Waals surface area contributed by atoms with Crippen molar-refractivity contribution in [2.45, 2.75) is 51.4 Å². The van der Waals surface area contributed by atoms with Crippen LogP contribution in [-0.4, -0.2) is 50.7 Å². The zero-order valence-corrected chi connectivity index (χ0v) is 19.0. The van der Waals surface area contributed by atoms with Gasteiger partial charge in [0.2, 0.25) is 30.0 Å². The van der Waals surface area contributed by atoms with E-state index in [1.165, 1.54) is 18.2 Å². The van der Waals surface area contributed by atoms with Gasteiger partial charge in [-0.2, -0.15) is 4.39 Å². The first-order valence-electron chi connectivity index (χ1n) is 11.0. The highest BCUT2D eigenvalue weighted by Gasteiger charge is 2.39. The molecule has 34 heavy (non-hydrogen) atoms. The van der Waals surface area contributed by atoms with E-state index >= 15 is 0 Å². The van der Waals surface area contributed by atoms with E-state index in [1.54, 1.807) is 36.4 Å². The summed E-state index contributed by atoms with van der Waals surface area (Å²) < 4.78 is 34.1. The van der Waals surface area contributed by atoms with Crippen molar-refractivity contribution in [1.29, 1.82) is 0 Å². The molecule has 10 heteroatoms. The minimum absolute atomic E-state index is 0.0699. The van der Waals surface area contributed by atoms with Crippen molar-refractivity contribution in [2.24, 2.45) is 0 Å². The second-order valence-corrected chi connectivity index (χ2v) is 8.60. The molecule has 1 aliphatic rings. The molecule has 0 spiro atoms. The first kappa shape index (κ1) is 23.5. The van der Waals surface area contributed by atoms with Crippen LogP contribution in [0.3, 0.4) is 0 Å². The summed E-state index contributed by atoms with van der Waals surface area (Å²) in [5.74, 6) is -1.35. The third-order valence-corrected chi connectivity index (χ3v) is 5.89. The molecule has 1 fully saturated rings. The molecule has 1 aliphatic heterocycles. The van der Waals surface area contributed by atoms with Gasteiger partial charge in [-0.15, -0.1) is 10.2 Å². The minimum Gasteiger partial charge on any atom is -0.423 e. The smallest absolute Gasteiger partial charge is 0.247 e. The Balaban J connectivity index is 1.72.